The highest BCUT2D eigenvalue weighted by molar-refractivity contribution is 7.18. The molecule has 3 rings (SSSR count). The predicted molar refractivity (Wildman–Crippen MR) is 103 cm³/mol. The molecule has 0 radical (unpaired) electrons. The van der Waals surface area contributed by atoms with Gasteiger partial charge in [-0.2, -0.15) is 0 Å². The number of aryl methyl sites for hydroxylation is 1. The highest BCUT2D eigenvalue weighted by atomic mass is 35.5. The molecule has 0 aliphatic rings. The lowest BCUT2D eigenvalue weighted by Crippen LogP contribution is -2.15. The Kier molecular flexibility index (Phi) is 4.94. The summed E-state index contributed by atoms with van der Waals surface area (Å²) in [6.07, 6.45) is 0.969. The zero-order valence-electron chi connectivity index (χ0n) is 13.9. The fraction of sp³-hybridized carbons (Fsp3) is 0.278. The lowest BCUT2D eigenvalue weighted by atomic mass is 10.1. The number of aromatic nitrogens is 1. The number of halogens is 1. The van der Waals surface area contributed by atoms with Crippen molar-refractivity contribution in [1.82, 2.24) is 9.88 Å². The van der Waals surface area contributed by atoms with Crippen LogP contribution in [-0.4, -0.2) is 36.4 Å². The summed E-state index contributed by atoms with van der Waals surface area (Å²) in [7, 11) is 4.14. The van der Waals surface area contributed by atoms with Crippen molar-refractivity contribution in [3.63, 3.8) is 0 Å². The minimum absolute atomic E-state index is 0.131. The molecule has 3 aromatic rings. The van der Waals surface area contributed by atoms with E-state index in [4.69, 9.17) is 11.6 Å². The molecule has 1 amide bonds. The number of nitrogens with zero attached hydrogens (tertiary/aromatic N) is 1. The normalized spacial score (nSPS) is 11.4. The van der Waals surface area contributed by atoms with Gasteiger partial charge in [0.05, 0.1) is 9.21 Å². The van der Waals surface area contributed by atoms with Crippen molar-refractivity contribution in [2.24, 2.45) is 0 Å². The van der Waals surface area contributed by atoms with Crippen LogP contribution >= 0.6 is 22.9 Å². The summed E-state index contributed by atoms with van der Waals surface area (Å²) < 4.78 is 0.614. The van der Waals surface area contributed by atoms with Gasteiger partial charge in [0, 0.05) is 28.8 Å². The Bertz CT molecular complexity index is 882. The van der Waals surface area contributed by atoms with Crippen LogP contribution in [-0.2, 0) is 6.42 Å². The van der Waals surface area contributed by atoms with Gasteiger partial charge >= 0.3 is 0 Å². The first kappa shape index (κ1) is 17.0. The molecule has 0 bridgehead atoms. The Hall–Kier alpha value is -1.82. The van der Waals surface area contributed by atoms with E-state index in [-0.39, 0.29) is 5.91 Å². The summed E-state index contributed by atoms with van der Waals surface area (Å²) in [6, 6.07) is 9.44. The molecule has 0 atom stereocenters. The number of carbonyl (C=O) groups is 1. The maximum atomic E-state index is 12.3. The Morgan fingerprint density at radius 2 is 2.08 bits per heavy atom. The topological polar surface area (TPSA) is 48.1 Å². The van der Waals surface area contributed by atoms with Crippen molar-refractivity contribution >= 4 is 45.4 Å². The van der Waals surface area contributed by atoms with Gasteiger partial charge in [-0.3, -0.25) is 4.79 Å². The molecule has 0 spiro atoms. The minimum Gasteiger partial charge on any atom is -0.358 e. The fourth-order valence-electron chi connectivity index (χ4n) is 2.75. The van der Waals surface area contributed by atoms with Gasteiger partial charge in [0.2, 0.25) is 0 Å². The van der Waals surface area contributed by atoms with Gasteiger partial charge < -0.3 is 15.2 Å². The summed E-state index contributed by atoms with van der Waals surface area (Å²) in [5.41, 5.74) is 4.37. The number of anilines is 1. The Morgan fingerprint density at radius 3 is 2.75 bits per heavy atom. The molecular formula is C18H20ClN3OS. The summed E-state index contributed by atoms with van der Waals surface area (Å²) in [4.78, 5) is 18.5. The third-order valence-electron chi connectivity index (χ3n) is 3.98. The molecule has 0 fully saturated rings. The van der Waals surface area contributed by atoms with Crippen LogP contribution in [0.5, 0.6) is 0 Å². The first-order valence-corrected chi connectivity index (χ1v) is 8.96. The van der Waals surface area contributed by atoms with Gasteiger partial charge in [0.1, 0.15) is 0 Å². The first-order valence-electron chi connectivity index (χ1n) is 7.76. The van der Waals surface area contributed by atoms with E-state index < -0.39 is 0 Å². The molecule has 2 heterocycles. The van der Waals surface area contributed by atoms with E-state index in [0.29, 0.717) is 9.21 Å². The molecule has 6 heteroatoms. The van der Waals surface area contributed by atoms with Gasteiger partial charge in [-0.15, -0.1) is 11.3 Å². The van der Waals surface area contributed by atoms with E-state index in [9.17, 15) is 4.79 Å². The first-order chi connectivity index (χ1) is 11.4. The van der Waals surface area contributed by atoms with Gasteiger partial charge in [-0.1, -0.05) is 11.6 Å². The van der Waals surface area contributed by atoms with Crippen molar-refractivity contribution in [1.29, 1.82) is 0 Å². The van der Waals surface area contributed by atoms with Crippen molar-refractivity contribution in [2.75, 3.05) is 26.0 Å². The average Bonchev–Trinajstić information content (AvgIpc) is 3.08. The maximum Gasteiger partial charge on any atom is 0.265 e. The van der Waals surface area contributed by atoms with Crippen LogP contribution in [0.15, 0.2) is 30.3 Å². The smallest absolute Gasteiger partial charge is 0.265 e. The second-order valence-electron chi connectivity index (χ2n) is 6.10. The third kappa shape index (κ3) is 3.64. The van der Waals surface area contributed by atoms with E-state index in [1.807, 2.05) is 18.2 Å². The lowest BCUT2D eigenvalue weighted by molar-refractivity contribution is 0.103. The van der Waals surface area contributed by atoms with Crippen LogP contribution < -0.4 is 5.32 Å². The van der Waals surface area contributed by atoms with E-state index in [2.05, 4.69) is 36.2 Å². The third-order valence-corrected chi connectivity index (χ3v) is 5.21. The highest BCUT2D eigenvalue weighted by Crippen LogP contribution is 2.27. The molecule has 1 aromatic carbocycles. The number of carbonyl (C=O) groups excluding carboxylic acids is 1. The zero-order chi connectivity index (χ0) is 17.3. The average molecular weight is 362 g/mol. The molecule has 24 heavy (non-hydrogen) atoms. The second kappa shape index (κ2) is 6.97. The number of hydrogen-bond donors (Lipinski definition) is 2. The standard InChI is InChI=1S/C18H20ClN3OS/c1-11-13(8-9-22(2)3)14-10-12(4-5-15(14)20-11)21-18(23)16-6-7-17(19)24-16/h4-7,10,20H,8-9H2,1-3H3,(H,21,23). The maximum absolute atomic E-state index is 12.3. The summed E-state index contributed by atoms with van der Waals surface area (Å²) in [5.74, 6) is -0.131. The molecule has 4 nitrogen and oxygen atoms in total. The molecule has 2 aromatic heterocycles. The lowest BCUT2D eigenvalue weighted by Gasteiger charge is -2.10. The number of aromatic amines is 1. The summed E-state index contributed by atoms with van der Waals surface area (Å²) in [5, 5.41) is 4.12. The Balaban J connectivity index is 1.87. The summed E-state index contributed by atoms with van der Waals surface area (Å²) in [6.45, 7) is 3.08. The number of H-pyrrole nitrogens is 1. The molecule has 0 aliphatic carbocycles. The van der Waals surface area contributed by atoms with Crippen molar-refractivity contribution in [3.8, 4) is 0 Å². The second-order valence-corrected chi connectivity index (χ2v) is 7.82. The van der Waals surface area contributed by atoms with Gasteiger partial charge in [0.15, 0.2) is 0 Å². The van der Waals surface area contributed by atoms with Crippen LogP contribution in [0, 0.1) is 6.92 Å². The van der Waals surface area contributed by atoms with E-state index in [1.165, 1.54) is 22.6 Å². The van der Waals surface area contributed by atoms with Crippen LogP contribution in [0.3, 0.4) is 0 Å². The quantitative estimate of drug-likeness (QED) is 0.700. The molecule has 2 N–H and O–H groups in total. The number of nitrogens with one attached hydrogen (secondary N) is 2. The highest BCUT2D eigenvalue weighted by Gasteiger charge is 2.12. The van der Waals surface area contributed by atoms with Crippen LogP contribution in [0.2, 0.25) is 4.34 Å². The van der Waals surface area contributed by atoms with Gasteiger partial charge in [-0.25, -0.2) is 0 Å². The van der Waals surface area contributed by atoms with Crippen molar-refractivity contribution in [2.45, 2.75) is 13.3 Å². The van der Waals surface area contributed by atoms with Crippen LogP contribution in [0.4, 0.5) is 5.69 Å². The van der Waals surface area contributed by atoms with Gasteiger partial charge in [-0.05, 0) is 63.3 Å². The number of hydrogen-bond acceptors (Lipinski definition) is 3. The molecular weight excluding hydrogens is 342 g/mol. The van der Waals surface area contributed by atoms with Crippen LogP contribution in [0.25, 0.3) is 10.9 Å². The van der Waals surface area contributed by atoms with E-state index in [0.717, 1.165) is 29.6 Å². The number of fused-ring (bicyclic) bond motifs is 1. The number of thiophene rings is 1. The van der Waals surface area contributed by atoms with Crippen molar-refractivity contribution in [3.05, 3.63) is 50.8 Å². The molecule has 0 saturated carbocycles. The number of likely N-dealkylation sites (N-methyl/N-ethyl adjacent to an activating group) is 1. The monoisotopic (exact) mass is 361 g/mol. The Morgan fingerprint density at radius 1 is 1.29 bits per heavy atom. The largest absolute Gasteiger partial charge is 0.358 e. The number of benzene rings is 1. The minimum atomic E-state index is -0.131. The number of rotatable bonds is 5. The Labute approximate surface area is 150 Å². The molecule has 126 valence electrons. The van der Waals surface area contributed by atoms with E-state index in [1.54, 1.807) is 12.1 Å². The zero-order valence-corrected chi connectivity index (χ0v) is 15.5. The summed E-state index contributed by atoms with van der Waals surface area (Å²) >= 11 is 7.18. The van der Waals surface area contributed by atoms with E-state index >= 15 is 0 Å². The SMILES string of the molecule is Cc1[nH]c2ccc(NC(=O)c3ccc(Cl)s3)cc2c1CCN(C)C. The fourth-order valence-corrected chi connectivity index (χ4v) is 3.69. The molecule has 0 saturated heterocycles. The predicted octanol–water partition coefficient (Wildman–Crippen LogP) is 4.55. The molecule has 0 unspecified atom stereocenters. The van der Waals surface area contributed by atoms with Gasteiger partial charge in [0.25, 0.3) is 5.91 Å². The molecule has 0 aliphatic heterocycles. The number of amides is 1. The van der Waals surface area contributed by atoms with Crippen molar-refractivity contribution < 1.29 is 4.79 Å². The van der Waals surface area contributed by atoms with Crippen LogP contribution in [0.1, 0.15) is 20.9 Å².